The molecule has 2 atom stereocenters. The van der Waals surface area contributed by atoms with E-state index in [0.29, 0.717) is 6.61 Å². The molecule has 4 heteroatoms. The average molecular weight is 234 g/mol. The highest BCUT2D eigenvalue weighted by Gasteiger charge is 2.37. The molecule has 2 N–H and O–H groups in total. The van der Waals surface area contributed by atoms with E-state index in [0.717, 1.165) is 0 Å². The monoisotopic (exact) mass is 234 g/mol. The molecule has 0 aliphatic heterocycles. The van der Waals surface area contributed by atoms with E-state index >= 15 is 0 Å². The summed E-state index contributed by atoms with van der Waals surface area (Å²) < 4.78 is 5.95. The molecule has 0 heterocycles. The largest absolute Gasteiger partial charge is 0.416 e. The fourth-order valence-electron chi connectivity index (χ4n) is 0.847. The van der Waals surface area contributed by atoms with Crippen LogP contribution in [-0.4, -0.2) is 37.8 Å². The maximum Gasteiger partial charge on any atom is 0.191 e. The fourth-order valence-corrected chi connectivity index (χ4v) is 1.96. The molecule has 0 aromatic rings. The van der Waals surface area contributed by atoms with Gasteiger partial charge in [-0.15, -0.1) is 0 Å². The van der Waals surface area contributed by atoms with E-state index in [2.05, 4.69) is 33.9 Å². The van der Waals surface area contributed by atoms with Gasteiger partial charge in [0.1, 0.15) is 0 Å². The molecule has 3 nitrogen and oxygen atoms in total. The van der Waals surface area contributed by atoms with Crippen molar-refractivity contribution < 1.29 is 14.6 Å². The summed E-state index contributed by atoms with van der Waals surface area (Å²) in [5.74, 6) is -0.0101. The highest BCUT2D eigenvalue weighted by atomic mass is 28.4. The number of hydrogen-bond acceptors (Lipinski definition) is 3. The molecule has 0 bridgehead atoms. The highest BCUT2D eigenvalue weighted by Crippen LogP contribution is 2.36. The number of aliphatic hydroxyl groups excluding tert-OH is 2. The second-order valence-corrected chi connectivity index (χ2v) is 10.6. The summed E-state index contributed by atoms with van der Waals surface area (Å²) >= 11 is 0. The molecule has 0 aromatic heterocycles. The third-order valence-electron chi connectivity index (χ3n) is 3.36. The molecule has 0 aromatic carbocycles. The average Bonchev–Trinajstić information content (AvgIpc) is 2.11. The van der Waals surface area contributed by atoms with Gasteiger partial charge < -0.3 is 14.6 Å². The van der Waals surface area contributed by atoms with Crippen molar-refractivity contribution in [3.63, 3.8) is 0 Å². The van der Waals surface area contributed by atoms with E-state index < -0.39 is 14.4 Å². The van der Waals surface area contributed by atoms with Crippen molar-refractivity contribution >= 4 is 8.32 Å². The van der Waals surface area contributed by atoms with E-state index in [1.807, 2.05) is 6.92 Å². The smallest absolute Gasteiger partial charge is 0.191 e. The lowest BCUT2D eigenvalue weighted by Crippen LogP contribution is -2.43. The third-order valence-corrected chi connectivity index (χ3v) is 7.86. The van der Waals surface area contributed by atoms with Crippen LogP contribution in [0.15, 0.2) is 0 Å². The Balaban J connectivity index is 4.16. The Labute approximate surface area is 94.6 Å². The Hall–Kier alpha value is 0.0969. The van der Waals surface area contributed by atoms with Crippen LogP contribution in [0.4, 0.5) is 0 Å². The lowest BCUT2D eigenvalue weighted by Gasteiger charge is -2.37. The summed E-state index contributed by atoms with van der Waals surface area (Å²) in [4.78, 5) is 0. The molecular weight excluding hydrogens is 208 g/mol. The molecule has 0 radical (unpaired) electrons. The SMILES string of the molecule is C[C@@H](CO[Si](C)(C)C(C)(C)C)[C@H](O)CO. The summed E-state index contributed by atoms with van der Waals surface area (Å²) in [6.07, 6.45) is -0.672. The molecule has 92 valence electrons. The van der Waals surface area contributed by atoms with Crippen molar-refractivity contribution in [3.8, 4) is 0 Å². The maximum absolute atomic E-state index is 9.41. The first-order valence-electron chi connectivity index (χ1n) is 5.54. The molecule has 0 rings (SSSR count). The first kappa shape index (κ1) is 15.1. The first-order valence-corrected chi connectivity index (χ1v) is 8.45. The first-order chi connectivity index (χ1) is 6.62. The fraction of sp³-hybridized carbons (Fsp3) is 1.00. The Morgan fingerprint density at radius 1 is 1.27 bits per heavy atom. The molecule has 0 amide bonds. The van der Waals surface area contributed by atoms with Gasteiger partial charge in [0, 0.05) is 12.5 Å². The van der Waals surface area contributed by atoms with Crippen molar-refractivity contribution in [1.82, 2.24) is 0 Å². The number of aliphatic hydroxyl groups is 2. The summed E-state index contributed by atoms with van der Waals surface area (Å²) in [6.45, 7) is 13.2. The number of hydrogen-bond donors (Lipinski definition) is 2. The quantitative estimate of drug-likeness (QED) is 0.715. The van der Waals surface area contributed by atoms with Gasteiger partial charge in [0.2, 0.25) is 0 Å². The van der Waals surface area contributed by atoms with E-state index in [9.17, 15) is 5.11 Å². The molecule has 0 saturated carbocycles. The van der Waals surface area contributed by atoms with E-state index in [1.54, 1.807) is 0 Å². The minimum atomic E-state index is -1.72. The van der Waals surface area contributed by atoms with Gasteiger partial charge >= 0.3 is 0 Å². The maximum atomic E-state index is 9.41. The van der Waals surface area contributed by atoms with Crippen molar-refractivity contribution in [2.75, 3.05) is 13.2 Å². The van der Waals surface area contributed by atoms with Crippen molar-refractivity contribution in [3.05, 3.63) is 0 Å². The van der Waals surface area contributed by atoms with Crippen LogP contribution in [0.5, 0.6) is 0 Å². The Morgan fingerprint density at radius 3 is 2.07 bits per heavy atom. The summed E-state index contributed by atoms with van der Waals surface area (Å²) in [5, 5.41) is 18.4. The van der Waals surface area contributed by atoms with Crippen LogP contribution in [0.2, 0.25) is 18.1 Å². The van der Waals surface area contributed by atoms with Crippen molar-refractivity contribution in [2.24, 2.45) is 5.92 Å². The normalized spacial score (nSPS) is 17.6. The van der Waals surface area contributed by atoms with Crippen LogP contribution < -0.4 is 0 Å². The Kier molecular flexibility index (Phi) is 5.47. The molecule has 0 spiro atoms. The number of rotatable bonds is 5. The van der Waals surface area contributed by atoms with E-state index in [4.69, 9.17) is 9.53 Å². The zero-order valence-electron chi connectivity index (χ0n) is 10.9. The lowest BCUT2D eigenvalue weighted by atomic mass is 10.1. The van der Waals surface area contributed by atoms with Gasteiger partial charge in [-0.3, -0.25) is 0 Å². The summed E-state index contributed by atoms with van der Waals surface area (Å²) in [6, 6.07) is 0. The van der Waals surface area contributed by atoms with Crippen LogP contribution in [-0.2, 0) is 4.43 Å². The second-order valence-electron chi connectivity index (χ2n) is 5.80. The second kappa shape index (κ2) is 5.43. The van der Waals surface area contributed by atoms with Gasteiger partial charge in [-0.2, -0.15) is 0 Å². The standard InChI is InChI=1S/C11H26O3Si/c1-9(10(13)7-12)8-14-15(5,6)11(2,3)4/h9-10,12-13H,7-8H2,1-6H3/t9-,10+/m0/s1. The van der Waals surface area contributed by atoms with Crippen LogP contribution in [0.1, 0.15) is 27.7 Å². The molecule has 0 saturated heterocycles. The molecular formula is C11H26O3Si. The minimum Gasteiger partial charge on any atom is -0.416 e. The highest BCUT2D eigenvalue weighted by molar-refractivity contribution is 6.74. The molecule has 0 unspecified atom stereocenters. The predicted molar refractivity (Wildman–Crippen MR) is 65.4 cm³/mol. The summed E-state index contributed by atoms with van der Waals surface area (Å²) in [7, 11) is -1.72. The topological polar surface area (TPSA) is 49.7 Å². The van der Waals surface area contributed by atoms with Crippen LogP contribution in [0.3, 0.4) is 0 Å². The zero-order chi connectivity index (χ0) is 12.3. The predicted octanol–water partition coefficient (Wildman–Crippen LogP) is 2.00. The van der Waals surface area contributed by atoms with Crippen LogP contribution in [0, 0.1) is 5.92 Å². The van der Waals surface area contributed by atoms with E-state index in [1.165, 1.54) is 0 Å². The third kappa shape index (κ3) is 4.63. The Morgan fingerprint density at radius 2 is 1.73 bits per heavy atom. The van der Waals surface area contributed by atoms with Crippen LogP contribution in [0.25, 0.3) is 0 Å². The van der Waals surface area contributed by atoms with E-state index in [-0.39, 0.29) is 17.6 Å². The van der Waals surface area contributed by atoms with Gasteiger partial charge in [-0.1, -0.05) is 27.7 Å². The summed E-state index contributed by atoms with van der Waals surface area (Å²) in [5.41, 5.74) is 0. The van der Waals surface area contributed by atoms with Gasteiger partial charge in [-0.25, -0.2) is 0 Å². The minimum absolute atomic E-state index is 0.0101. The molecule has 0 fully saturated rings. The van der Waals surface area contributed by atoms with Crippen molar-refractivity contribution in [2.45, 2.75) is 51.9 Å². The van der Waals surface area contributed by atoms with Gasteiger partial charge in [0.15, 0.2) is 8.32 Å². The van der Waals surface area contributed by atoms with Gasteiger partial charge in [0.25, 0.3) is 0 Å². The Bertz CT molecular complexity index is 187. The zero-order valence-corrected chi connectivity index (χ0v) is 11.9. The van der Waals surface area contributed by atoms with Crippen LogP contribution >= 0.6 is 0 Å². The molecule has 0 aliphatic carbocycles. The molecule has 0 aliphatic rings. The molecule has 15 heavy (non-hydrogen) atoms. The van der Waals surface area contributed by atoms with Gasteiger partial charge in [-0.05, 0) is 18.1 Å². The van der Waals surface area contributed by atoms with Crippen molar-refractivity contribution in [1.29, 1.82) is 0 Å². The lowest BCUT2D eigenvalue weighted by molar-refractivity contribution is 0.0324. The van der Waals surface area contributed by atoms with Gasteiger partial charge in [0.05, 0.1) is 12.7 Å².